The second-order valence-electron chi connectivity index (χ2n) is 8.22. The van der Waals surface area contributed by atoms with Crippen molar-refractivity contribution in [2.24, 2.45) is 0 Å². The third-order valence-electron chi connectivity index (χ3n) is 6.36. The molecule has 0 spiro atoms. The number of phenolic OH excluding ortho intramolecular Hbond substituents is 3. The zero-order valence-corrected chi connectivity index (χ0v) is 17.7. The van der Waals surface area contributed by atoms with Gasteiger partial charge in [0, 0.05) is 16.2 Å². The van der Waals surface area contributed by atoms with E-state index in [0.717, 1.165) is 49.2 Å². The molecule has 0 heterocycles. The van der Waals surface area contributed by atoms with Crippen LogP contribution in [0.1, 0.15) is 0 Å². The molecule has 0 saturated heterocycles. The maximum Gasteiger partial charge on any atom is 0.124 e. The van der Waals surface area contributed by atoms with Crippen LogP contribution in [0.3, 0.4) is 0 Å². The lowest BCUT2D eigenvalue weighted by molar-refractivity contribution is 0.481. The highest BCUT2D eigenvalue weighted by molar-refractivity contribution is 6.15. The summed E-state index contributed by atoms with van der Waals surface area (Å²) in [7, 11) is 0. The second kappa shape index (κ2) is 7.28. The molecule has 6 aromatic carbocycles. The van der Waals surface area contributed by atoms with Crippen LogP contribution in [-0.4, -0.2) is 15.3 Å². The van der Waals surface area contributed by atoms with Crippen LogP contribution in [-0.2, 0) is 0 Å². The van der Waals surface area contributed by atoms with Crippen LogP contribution >= 0.6 is 0 Å². The van der Waals surface area contributed by atoms with Gasteiger partial charge in [-0.1, -0.05) is 84.9 Å². The number of hydrogen-bond donors (Lipinski definition) is 3. The summed E-state index contributed by atoms with van der Waals surface area (Å²) in [4.78, 5) is 0. The molecular formula is C30H20O3. The summed E-state index contributed by atoms with van der Waals surface area (Å²) in [5, 5.41) is 37.3. The van der Waals surface area contributed by atoms with Crippen molar-refractivity contribution < 1.29 is 15.3 Å². The van der Waals surface area contributed by atoms with Crippen molar-refractivity contribution in [2.75, 3.05) is 0 Å². The molecule has 6 aromatic rings. The van der Waals surface area contributed by atoms with Crippen molar-refractivity contribution in [1.82, 2.24) is 0 Å². The number of benzene rings is 6. The molecule has 33 heavy (non-hydrogen) atoms. The summed E-state index contributed by atoms with van der Waals surface area (Å²) in [6.45, 7) is 0. The van der Waals surface area contributed by atoms with E-state index in [1.165, 1.54) is 0 Å². The average Bonchev–Trinajstić information content (AvgIpc) is 2.83. The van der Waals surface area contributed by atoms with Crippen LogP contribution in [0, 0.1) is 0 Å². The Balaban J connectivity index is 1.73. The predicted molar refractivity (Wildman–Crippen MR) is 135 cm³/mol. The van der Waals surface area contributed by atoms with Gasteiger partial charge >= 0.3 is 0 Å². The minimum absolute atomic E-state index is 0.168. The van der Waals surface area contributed by atoms with Gasteiger partial charge in [-0.15, -0.1) is 0 Å². The van der Waals surface area contributed by atoms with E-state index in [4.69, 9.17) is 0 Å². The first-order valence-electron chi connectivity index (χ1n) is 10.8. The van der Waals surface area contributed by atoms with E-state index in [9.17, 15) is 15.3 Å². The van der Waals surface area contributed by atoms with Crippen LogP contribution in [0.4, 0.5) is 0 Å². The van der Waals surface area contributed by atoms with E-state index in [1.54, 1.807) is 18.2 Å². The smallest absolute Gasteiger partial charge is 0.124 e. The number of hydrogen-bond acceptors (Lipinski definition) is 3. The van der Waals surface area contributed by atoms with Gasteiger partial charge in [-0.3, -0.25) is 0 Å². The van der Waals surface area contributed by atoms with E-state index in [0.29, 0.717) is 5.39 Å². The summed E-state index contributed by atoms with van der Waals surface area (Å²) in [5.41, 5.74) is 3.50. The molecule has 158 valence electrons. The van der Waals surface area contributed by atoms with Crippen LogP contribution in [0.15, 0.2) is 103 Å². The van der Waals surface area contributed by atoms with Gasteiger partial charge < -0.3 is 15.3 Å². The average molecular weight is 428 g/mol. The van der Waals surface area contributed by atoms with Crippen molar-refractivity contribution in [2.45, 2.75) is 0 Å². The summed E-state index contributed by atoms with van der Waals surface area (Å²) in [6, 6.07) is 32.3. The standard InChI is InChI=1S/C30H20O3/c31-25-13-3-8-18-6-1-10-21(28(18)25)20-16-17-24(30-22(20)12-5-15-27(30)33)23-11-2-7-19-9-4-14-26(32)29(19)23/h1-17,31-33H. The molecule has 0 fully saturated rings. The molecule has 3 nitrogen and oxygen atoms in total. The zero-order valence-electron chi connectivity index (χ0n) is 17.7. The Morgan fingerprint density at radius 1 is 0.333 bits per heavy atom. The van der Waals surface area contributed by atoms with Gasteiger partial charge in [0.2, 0.25) is 0 Å². The van der Waals surface area contributed by atoms with E-state index in [-0.39, 0.29) is 17.2 Å². The van der Waals surface area contributed by atoms with E-state index in [2.05, 4.69) is 0 Å². The van der Waals surface area contributed by atoms with Crippen LogP contribution in [0.5, 0.6) is 17.2 Å². The Morgan fingerprint density at radius 2 is 0.727 bits per heavy atom. The minimum Gasteiger partial charge on any atom is -0.507 e. The van der Waals surface area contributed by atoms with Crippen LogP contribution in [0.2, 0.25) is 0 Å². The lowest BCUT2D eigenvalue weighted by Gasteiger charge is -2.16. The highest BCUT2D eigenvalue weighted by Gasteiger charge is 2.17. The highest BCUT2D eigenvalue weighted by Crippen LogP contribution is 2.45. The molecule has 6 rings (SSSR count). The number of rotatable bonds is 2. The maximum absolute atomic E-state index is 11.0. The summed E-state index contributed by atoms with van der Waals surface area (Å²) >= 11 is 0. The van der Waals surface area contributed by atoms with Crippen molar-refractivity contribution in [3.05, 3.63) is 103 Å². The molecule has 0 amide bonds. The van der Waals surface area contributed by atoms with Crippen molar-refractivity contribution in [3.8, 4) is 39.5 Å². The fraction of sp³-hybridized carbons (Fsp3) is 0. The van der Waals surface area contributed by atoms with Crippen molar-refractivity contribution in [1.29, 1.82) is 0 Å². The molecule has 0 saturated carbocycles. The molecule has 0 atom stereocenters. The molecule has 0 aliphatic heterocycles. The molecule has 0 unspecified atom stereocenters. The zero-order chi connectivity index (χ0) is 22.5. The van der Waals surface area contributed by atoms with Gasteiger partial charge in [0.25, 0.3) is 0 Å². The Morgan fingerprint density at radius 3 is 1.30 bits per heavy atom. The van der Waals surface area contributed by atoms with E-state index >= 15 is 0 Å². The highest BCUT2D eigenvalue weighted by atomic mass is 16.3. The minimum atomic E-state index is 0.168. The van der Waals surface area contributed by atoms with Gasteiger partial charge in [-0.05, 0) is 56.6 Å². The first kappa shape index (κ1) is 19.2. The van der Waals surface area contributed by atoms with Crippen molar-refractivity contribution >= 4 is 32.3 Å². The molecule has 0 aliphatic rings. The summed E-state index contributed by atoms with van der Waals surface area (Å²) < 4.78 is 0. The largest absolute Gasteiger partial charge is 0.507 e. The van der Waals surface area contributed by atoms with Gasteiger partial charge in [-0.25, -0.2) is 0 Å². The Hall–Kier alpha value is -4.50. The third kappa shape index (κ3) is 2.90. The molecule has 0 aromatic heterocycles. The second-order valence-corrected chi connectivity index (χ2v) is 8.22. The van der Waals surface area contributed by atoms with E-state index < -0.39 is 0 Å². The Bertz CT molecular complexity index is 1690. The third-order valence-corrected chi connectivity index (χ3v) is 6.36. The maximum atomic E-state index is 11.0. The molecule has 0 aliphatic carbocycles. The van der Waals surface area contributed by atoms with Crippen LogP contribution in [0.25, 0.3) is 54.6 Å². The summed E-state index contributed by atoms with van der Waals surface area (Å²) in [5.74, 6) is 0.593. The number of fused-ring (bicyclic) bond motifs is 3. The molecule has 3 heteroatoms. The fourth-order valence-electron chi connectivity index (χ4n) is 4.94. The molecular weight excluding hydrogens is 408 g/mol. The van der Waals surface area contributed by atoms with Gasteiger partial charge in [0.05, 0.1) is 0 Å². The Labute approximate surface area is 190 Å². The van der Waals surface area contributed by atoms with Gasteiger partial charge in [0.1, 0.15) is 17.2 Å². The topological polar surface area (TPSA) is 60.7 Å². The van der Waals surface area contributed by atoms with Gasteiger partial charge in [0.15, 0.2) is 0 Å². The van der Waals surface area contributed by atoms with Crippen molar-refractivity contribution in [3.63, 3.8) is 0 Å². The predicted octanol–water partition coefficient (Wildman–Crippen LogP) is 7.60. The molecule has 0 bridgehead atoms. The monoisotopic (exact) mass is 428 g/mol. The first-order chi connectivity index (χ1) is 16.1. The lowest BCUT2D eigenvalue weighted by Crippen LogP contribution is -1.89. The van der Waals surface area contributed by atoms with Gasteiger partial charge in [-0.2, -0.15) is 0 Å². The Kier molecular flexibility index (Phi) is 4.24. The van der Waals surface area contributed by atoms with E-state index in [1.807, 2.05) is 84.9 Å². The van der Waals surface area contributed by atoms with Crippen LogP contribution < -0.4 is 0 Å². The SMILES string of the molecule is Oc1cccc2cccc(-c3ccc(-c4cccc5cccc(O)c45)c4c(O)cccc34)c12. The molecule has 0 radical (unpaired) electrons. The quantitative estimate of drug-likeness (QED) is 0.266. The number of aromatic hydroxyl groups is 3. The molecule has 3 N–H and O–H groups in total. The first-order valence-corrected chi connectivity index (χ1v) is 10.8. The summed E-state index contributed by atoms with van der Waals surface area (Å²) in [6.07, 6.45) is 0. The normalized spacial score (nSPS) is 11.4. The lowest BCUT2D eigenvalue weighted by atomic mass is 9.88. The fourth-order valence-corrected chi connectivity index (χ4v) is 4.94. The number of phenols is 3.